The van der Waals surface area contributed by atoms with Crippen LogP contribution >= 0.6 is 0 Å². The van der Waals surface area contributed by atoms with Gasteiger partial charge in [-0.3, -0.25) is 14.7 Å². The Morgan fingerprint density at radius 2 is 2.00 bits per heavy atom. The molecule has 0 bridgehead atoms. The van der Waals surface area contributed by atoms with Gasteiger partial charge in [0.25, 0.3) is 0 Å². The van der Waals surface area contributed by atoms with Gasteiger partial charge in [-0.25, -0.2) is 0 Å². The van der Waals surface area contributed by atoms with E-state index in [4.69, 9.17) is 0 Å². The number of rotatable bonds is 4. The molecule has 3 atom stereocenters. The maximum Gasteiger partial charge on any atom is 0.223 e. The van der Waals surface area contributed by atoms with E-state index < -0.39 is 0 Å². The van der Waals surface area contributed by atoms with Gasteiger partial charge in [-0.15, -0.1) is 0 Å². The molecule has 5 nitrogen and oxygen atoms in total. The number of pyridine rings is 1. The number of nitrogens with zero attached hydrogens (tertiary/aromatic N) is 2. The fourth-order valence-electron chi connectivity index (χ4n) is 3.97. The van der Waals surface area contributed by atoms with E-state index in [0.29, 0.717) is 18.1 Å². The average molecular weight is 330 g/mol. The van der Waals surface area contributed by atoms with Gasteiger partial charge in [0.1, 0.15) is 0 Å². The van der Waals surface area contributed by atoms with Gasteiger partial charge in [0.05, 0.1) is 0 Å². The highest BCUT2D eigenvalue weighted by atomic mass is 16.1. The molecule has 5 heteroatoms. The van der Waals surface area contributed by atoms with Gasteiger partial charge < -0.3 is 10.6 Å². The van der Waals surface area contributed by atoms with E-state index in [2.05, 4.69) is 46.5 Å². The lowest BCUT2D eigenvalue weighted by Gasteiger charge is -2.37. The molecule has 1 amide bonds. The first kappa shape index (κ1) is 17.4. The molecule has 2 aliphatic heterocycles. The predicted octanol–water partition coefficient (Wildman–Crippen LogP) is 2.11. The van der Waals surface area contributed by atoms with Crippen LogP contribution in [0.2, 0.25) is 0 Å². The van der Waals surface area contributed by atoms with Gasteiger partial charge in [-0.1, -0.05) is 0 Å². The molecule has 3 rings (SSSR count). The Morgan fingerprint density at radius 3 is 2.67 bits per heavy atom. The first-order valence-corrected chi connectivity index (χ1v) is 9.31. The molecule has 0 saturated carbocycles. The van der Waals surface area contributed by atoms with Gasteiger partial charge in [0.2, 0.25) is 5.91 Å². The molecule has 1 unspecified atom stereocenters. The zero-order valence-electron chi connectivity index (χ0n) is 14.9. The van der Waals surface area contributed by atoms with Crippen molar-refractivity contribution in [3.63, 3.8) is 0 Å². The van der Waals surface area contributed by atoms with Gasteiger partial charge in [-0.05, 0) is 63.8 Å². The molecule has 2 fully saturated rings. The minimum atomic E-state index is 0.190. The average Bonchev–Trinajstić information content (AvgIpc) is 2.62. The molecule has 132 valence electrons. The molecular formula is C19H30N4O. The number of hydrogen-bond acceptors (Lipinski definition) is 4. The van der Waals surface area contributed by atoms with Crippen molar-refractivity contribution in [1.29, 1.82) is 0 Å². The van der Waals surface area contributed by atoms with Gasteiger partial charge >= 0.3 is 0 Å². The Bertz CT molecular complexity index is 527. The standard InChI is InChI=1S/C19H30N4O/c1-14-13-17(5-10-21-14)19(24)22-18-6-11-23(12-7-18)15(2)16-3-8-20-9-4-16/h3-4,8-9,14-15,17-18,21H,5-7,10-13H2,1-2H3,(H,22,24)/t14-,15?,17-/m0/s1. The molecule has 0 aliphatic carbocycles. The second-order valence-electron chi connectivity index (χ2n) is 7.35. The summed E-state index contributed by atoms with van der Waals surface area (Å²) in [6, 6.07) is 5.39. The van der Waals surface area contributed by atoms with Crippen LogP contribution in [0.4, 0.5) is 0 Å². The molecular weight excluding hydrogens is 300 g/mol. The summed E-state index contributed by atoms with van der Waals surface area (Å²) in [5.74, 6) is 0.457. The number of hydrogen-bond donors (Lipinski definition) is 2. The minimum Gasteiger partial charge on any atom is -0.353 e. The van der Waals surface area contributed by atoms with Gasteiger partial charge in [0.15, 0.2) is 0 Å². The Balaban J connectivity index is 1.46. The molecule has 0 radical (unpaired) electrons. The van der Waals surface area contributed by atoms with Crippen molar-refractivity contribution >= 4 is 5.91 Å². The van der Waals surface area contributed by atoms with Crippen LogP contribution in [0.25, 0.3) is 0 Å². The van der Waals surface area contributed by atoms with Crippen LogP contribution in [0.3, 0.4) is 0 Å². The third kappa shape index (κ3) is 4.33. The highest BCUT2D eigenvalue weighted by molar-refractivity contribution is 5.79. The zero-order chi connectivity index (χ0) is 16.9. The number of carbonyl (C=O) groups is 1. The lowest BCUT2D eigenvalue weighted by molar-refractivity contribution is -0.127. The Hall–Kier alpha value is -1.46. The fraction of sp³-hybridized carbons (Fsp3) is 0.684. The smallest absolute Gasteiger partial charge is 0.223 e. The van der Waals surface area contributed by atoms with Crippen molar-refractivity contribution in [2.75, 3.05) is 19.6 Å². The molecule has 24 heavy (non-hydrogen) atoms. The van der Waals surface area contributed by atoms with Crippen molar-refractivity contribution in [3.8, 4) is 0 Å². The van der Waals surface area contributed by atoms with E-state index in [-0.39, 0.29) is 11.8 Å². The molecule has 0 aromatic carbocycles. The van der Waals surface area contributed by atoms with Crippen molar-refractivity contribution in [3.05, 3.63) is 30.1 Å². The van der Waals surface area contributed by atoms with E-state index in [1.54, 1.807) is 0 Å². The van der Waals surface area contributed by atoms with Crippen LogP contribution in [-0.2, 0) is 4.79 Å². The van der Waals surface area contributed by atoms with Crippen LogP contribution in [0, 0.1) is 5.92 Å². The lowest BCUT2D eigenvalue weighted by atomic mass is 9.91. The first-order chi connectivity index (χ1) is 11.6. The van der Waals surface area contributed by atoms with Gasteiger partial charge in [0, 0.05) is 49.5 Å². The van der Waals surface area contributed by atoms with Crippen LogP contribution in [0.1, 0.15) is 51.1 Å². The second-order valence-corrected chi connectivity index (χ2v) is 7.35. The minimum absolute atomic E-state index is 0.190. The summed E-state index contributed by atoms with van der Waals surface area (Å²) < 4.78 is 0. The number of carbonyl (C=O) groups excluding carboxylic acids is 1. The van der Waals surface area contributed by atoms with Crippen LogP contribution in [0.15, 0.2) is 24.5 Å². The number of piperidine rings is 2. The highest BCUT2D eigenvalue weighted by Gasteiger charge is 2.28. The van der Waals surface area contributed by atoms with Crippen LogP contribution in [0.5, 0.6) is 0 Å². The maximum absolute atomic E-state index is 12.5. The monoisotopic (exact) mass is 330 g/mol. The zero-order valence-corrected chi connectivity index (χ0v) is 14.9. The summed E-state index contributed by atoms with van der Waals surface area (Å²) in [6.45, 7) is 7.46. The molecule has 3 heterocycles. The number of nitrogens with one attached hydrogen (secondary N) is 2. The highest BCUT2D eigenvalue weighted by Crippen LogP contribution is 2.24. The van der Waals surface area contributed by atoms with E-state index >= 15 is 0 Å². The summed E-state index contributed by atoms with van der Waals surface area (Å²) >= 11 is 0. The van der Waals surface area contributed by atoms with Crippen LogP contribution < -0.4 is 10.6 Å². The van der Waals surface area contributed by atoms with E-state index in [9.17, 15) is 4.79 Å². The van der Waals surface area contributed by atoms with Crippen molar-refractivity contribution < 1.29 is 4.79 Å². The quantitative estimate of drug-likeness (QED) is 0.888. The number of amides is 1. The molecule has 1 aromatic heterocycles. The fourth-order valence-corrected chi connectivity index (χ4v) is 3.97. The summed E-state index contributed by atoms with van der Waals surface area (Å²) in [5, 5.41) is 6.72. The summed E-state index contributed by atoms with van der Waals surface area (Å²) in [4.78, 5) is 19.1. The molecule has 1 aromatic rings. The Labute approximate surface area is 145 Å². The molecule has 2 aliphatic rings. The molecule has 2 N–H and O–H groups in total. The first-order valence-electron chi connectivity index (χ1n) is 9.31. The third-order valence-corrected chi connectivity index (χ3v) is 5.61. The Kier molecular flexibility index (Phi) is 5.85. The molecule has 0 spiro atoms. The number of aromatic nitrogens is 1. The topological polar surface area (TPSA) is 57.3 Å². The summed E-state index contributed by atoms with van der Waals surface area (Å²) in [6.07, 6.45) is 7.74. The lowest BCUT2D eigenvalue weighted by Crippen LogP contribution is -2.49. The third-order valence-electron chi connectivity index (χ3n) is 5.61. The summed E-state index contributed by atoms with van der Waals surface area (Å²) in [7, 11) is 0. The van der Waals surface area contributed by atoms with E-state index in [1.807, 2.05) is 12.4 Å². The van der Waals surface area contributed by atoms with E-state index in [0.717, 1.165) is 45.3 Å². The SMILES string of the molecule is CC(c1ccncc1)N1CCC(NC(=O)[C@H]2CCN[C@@H](C)C2)CC1. The summed E-state index contributed by atoms with van der Waals surface area (Å²) in [5.41, 5.74) is 1.32. The van der Waals surface area contributed by atoms with Crippen LogP contribution in [-0.4, -0.2) is 47.5 Å². The normalized spacial score (nSPS) is 27.6. The van der Waals surface area contributed by atoms with Crippen molar-refractivity contribution in [2.45, 2.75) is 57.7 Å². The van der Waals surface area contributed by atoms with Gasteiger partial charge in [-0.2, -0.15) is 0 Å². The molecule has 2 saturated heterocycles. The second kappa shape index (κ2) is 8.08. The van der Waals surface area contributed by atoms with E-state index in [1.165, 1.54) is 5.56 Å². The predicted molar refractivity (Wildman–Crippen MR) is 95.6 cm³/mol. The van der Waals surface area contributed by atoms with Crippen molar-refractivity contribution in [2.24, 2.45) is 5.92 Å². The Morgan fingerprint density at radius 1 is 1.29 bits per heavy atom. The maximum atomic E-state index is 12.5. The number of likely N-dealkylation sites (tertiary alicyclic amines) is 1. The van der Waals surface area contributed by atoms with Crippen molar-refractivity contribution in [1.82, 2.24) is 20.5 Å². The largest absolute Gasteiger partial charge is 0.353 e.